The SMILES string of the molecule is CCN(C(=O)c1cc(C)cc(F)c1C)C1CCC(=O)NC1=O. The van der Waals surface area contributed by atoms with Gasteiger partial charge in [-0.3, -0.25) is 19.7 Å². The maximum atomic E-state index is 13.8. The van der Waals surface area contributed by atoms with E-state index in [2.05, 4.69) is 5.32 Å². The Morgan fingerprint density at radius 3 is 2.64 bits per heavy atom. The van der Waals surface area contributed by atoms with Crippen molar-refractivity contribution in [3.05, 3.63) is 34.6 Å². The molecule has 1 heterocycles. The summed E-state index contributed by atoms with van der Waals surface area (Å²) in [4.78, 5) is 37.3. The second kappa shape index (κ2) is 6.25. The van der Waals surface area contributed by atoms with E-state index in [1.807, 2.05) is 0 Å². The first-order valence-corrected chi connectivity index (χ1v) is 7.26. The van der Waals surface area contributed by atoms with Crippen molar-refractivity contribution in [1.29, 1.82) is 0 Å². The minimum absolute atomic E-state index is 0.196. The summed E-state index contributed by atoms with van der Waals surface area (Å²) in [6.45, 7) is 5.31. The molecule has 1 unspecified atom stereocenters. The van der Waals surface area contributed by atoms with Gasteiger partial charge >= 0.3 is 0 Å². The highest BCUT2D eigenvalue weighted by Crippen LogP contribution is 2.21. The summed E-state index contributed by atoms with van der Waals surface area (Å²) in [5.74, 6) is -1.64. The molecular formula is C16H19FN2O3. The van der Waals surface area contributed by atoms with E-state index >= 15 is 0 Å². The summed E-state index contributed by atoms with van der Waals surface area (Å²) in [6.07, 6.45) is 0.485. The number of hydrogen-bond donors (Lipinski definition) is 1. The molecule has 1 aliphatic rings. The summed E-state index contributed by atoms with van der Waals surface area (Å²) in [5, 5.41) is 2.24. The topological polar surface area (TPSA) is 66.5 Å². The summed E-state index contributed by atoms with van der Waals surface area (Å²) in [6, 6.07) is 2.29. The molecule has 0 aliphatic carbocycles. The molecule has 3 amide bonds. The molecule has 1 aliphatic heterocycles. The van der Waals surface area contributed by atoms with Gasteiger partial charge in [0.15, 0.2) is 0 Å². The molecule has 22 heavy (non-hydrogen) atoms. The summed E-state index contributed by atoms with van der Waals surface area (Å²) >= 11 is 0. The summed E-state index contributed by atoms with van der Waals surface area (Å²) in [7, 11) is 0. The van der Waals surface area contributed by atoms with Gasteiger partial charge in [-0.2, -0.15) is 0 Å². The first kappa shape index (κ1) is 16.1. The van der Waals surface area contributed by atoms with Crippen LogP contribution in [0.4, 0.5) is 4.39 Å². The van der Waals surface area contributed by atoms with Crippen LogP contribution < -0.4 is 5.32 Å². The molecule has 0 radical (unpaired) electrons. The molecule has 1 atom stereocenters. The highest BCUT2D eigenvalue weighted by atomic mass is 19.1. The zero-order chi connectivity index (χ0) is 16.4. The summed E-state index contributed by atoms with van der Waals surface area (Å²) < 4.78 is 13.8. The molecule has 1 aromatic carbocycles. The van der Waals surface area contributed by atoms with Crippen LogP contribution >= 0.6 is 0 Å². The number of likely N-dealkylation sites (N-methyl/N-ethyl adjacent to an activating group) is 1. The van der Waals surface area contributed by atoms with E-state index in [1.54, 1.807) is 26.8 Å². The van der Waals surface area contributed by atoms with Crippen molar-refractivity contribution < 1.29 is 18.8 Å². The van der Waals surface area contributed by atoms with E-state index in [0.29, 0.717) is 12.1 Å². The molecular weight excluding hydrogens is 287 g/mol. The fraction of sp³-hybridized carbons (Fsp3) is 0.438. The number of rotatable bonds is 3. The minimum Gasteiger partial charge on any atom is -0.327 e. The number of nitrogens with one attached hydrogen (secondary N) is 1. The molecule has 5 nitrogen and oxygen atoms in total. The van der Waals surface area contributed by atoms with Gasteiger partial charge in [-0.25, -0.2) is 4.39 Å². The third-order valence-corrected chi connectivity index (χ3v) is 3.91. The van der Waals surface area contributed by atoms with Crippen molar-refractivity contribution in [3.63, 3.8) is 0 Å². The van der Waals surface area contributed by atoms with Crippen LogP contribution in [0.15, 0.2) is 12.1 Å². The zero-order valence-corrected chi connectivity index (χ0v) is 12.9. The Morgan fingerprint density at radius 1 is 1.36 bits per heavy atom. The number of amides is 3. The van der Waals surface area contributed by atoms with Gasteiger partial charge in [0.05, 0.1) is 0 Å². The molecule has 0 saturated carbocycles. The molecule has 6 heteroatoms. The van der Waals surface area contributed by atoms with Crippen LogP contribution in [0.2, 0.25) is 0 Å². The number of piperidine rings is 1. The summed E-state index contributed by atoms with van der Waals surface area (Å²) in [5.41, 5.74) is 1.16. The molecule has 1 fully saturated rings. The average molecular weight is 306 g/mol. The standard InChI is InChI=1S/C16H19FN2O3/c1-4-19(13-5-6-14(20)18-15(13)21)16(22)11-7-9(2)8-12(17)10(11)3/h7-8,13H,4-6H2,1-3H3,(H,18,20,21). The number of aryl methyl sites for hydroxylation is 1. The average Bonchev–Trinajstić information content (AvgIpc) is 2.45. The lowest BCUT2D eigenvalue weighted by molar-refractivity contribution is -0.136. The molecule has 1 aromatic rings. The van der Waals surface area contributed by atoms with Gasteiger partial charge in [0, 0.05) is 18.5 Å². The van der Waals surface area contributed by atoms with Crippen LogP contribution in [0.3, 0.4) is 0 Å². The van der Waals surface area contributed by atoms with Gasteiger partial charge in [-0.05, 0) is 50.5 Å². The van der Waals surface area contributed by atoms with Crippen molar-refractivity contribution in [3.8, 4) is 0 Å². The van der Waals surface area contributed by atoms with Crippen molar-refractivity contribution in [2.75, 3.05) is 6.54 Å². The normalized spacial score (nSPS) is 18.1. The highest BCUT2D eigenvalue weighted by Gasteiger charge is 2.34. The number of benzene rings is 1. The van der Waals surface area contributed by atoms with Gasteiger partial charge in [0.25, 0.3) is 5.91 Å². The van der Waals surface area contributed by atoms with Gasteiger partial charge in [-0.1, -0.05) is 0 Å². The first-order valence-electron chi connectivity index (χ1n) is 7.26. The monoisotopic (exact) mass is 306 g/mol. The predicted octanol–water partition coefficient (Wildman–Crippen LogP) is 1.71. The molecule has 0 aromatic heterocycles. The van der Waals surface area contributed by atoms with Gasteiger partial charge in [0.1, 0.15) is 11.9 Å². The van der Waals surface area contributed by atoms with E-state index in [9.17, 15) is 18.8 Å². The number of carbonyl (C=O) groups is 3. The van der Waals surface area contributed by atoms with Crippen LogP contribution in [0.1, 0.15) is 41.3 Å². The van der Waals surface area contributed by atoms with Crippen LogP contribution in [-0.2, 0) is 9.59 Å². The van der Waals surface area contributed by atoms with Crippen LogP contribution in [0.5, 0.6) is 0 Å². The van der Waals surface area contributed by atoms with Crippen molar-refractivity contribution in [2.45, 2.75) is 39.7 Å². The highest BCUT2D eigenvalue weighted by molar-refractivity contribution is 6.04. The third kappa shape index (κ3) is 3.00. The zero-order valence-electron chi connectivity index (χ0n) is 12.9. The van der Waals surface area contributed by atoms with E-state index in [1.165, 1.54) is 11.0 Å². The van der Waals surface area contributed by atoms with Crippen LogP contribution in [0, 0.1) is 19.7 Å². The largest absolute Gasteiger partial charge is 0.327 e. The molecule has 0 bridgehead atoms. The van der Waals surface area contributed by atoms with Crippen molar-refractivity contribution in [1.82, 2.24) is 10.2 Å². The number of halogens is 1. The van der Waals surface area contributed by atoms with Gasteiger partial charge in [0.2, 0.25) is 11.8 Å². The Kier molecular flexibility index (Phi) is 4.59. The van der Waals surface area contributed by atoms with Crippen LogP contribution in [0.25, 0.3) is 0 Å². The van der Waals surface area contributed by atoms with Crippen molar-refractivity contribution in [2.24, 2.45) is 0 Å². The molecule has 2 rings (SSSR count). The van der Waals surface area contributed by atoms with E-state index < -0.39 is 23.7 Å². The molecule has 118 valence electrons. The smallest absolute Gasteiger partial charge is 0.254 e. The fourth-order valence-electron chi connectivity index (χ4n) is 2.68. The van der Waals surface area contributed by atoms with Gasteiger partial charge < -0.3 is 4.90 Å². The number of hydrogen-bond acceptors (Lipinski definition) is 3. The first-order chi connectivity index (χ1) is 10.3. The lowest BCUT2D eigenvalue weighted by Crippen LogP contribution is -2.54. The minimum atomic E-state index is -0.696. The van der Waals surface area contributed by atoms with Crippen LogP contribution in [-0.4, -0.2) is 35.2 Å². The van der Waals surface area contributed by atoms with E-state index in [4.69, 9.17) is 0 Å². The van der Waals surface area contributed by atoms with E-state index in [0.717, 1.165) is 0 Å². The Hall–Kier alpha value is -2.24. The fourth-order valence-corrected chi connectivity index (χ4v) is 2.68. The number of nitrogens with zero attached hydrogens (tertiary/aromatic N) is 1. The Labute approximate surface area is 128 Å². The van der Waals surface area contributed by atoms with Crippen molar-refractivity contribution >= 4 is 17.7 Å². The maximum absolute atomic E-state index is 13.8. The predicted molar refractivity (Wildman–Crippen MR) is 78.8 cm³/mol. The van der Waals surface area contributed by atoms with E-state index in [-0.39, 0.29) is 29.9 Å². The second-order valence-electron chi connectivity index (χ2n) is 5.48. The van der Waals surface area contributed by atoms with Gasteiger partial charge in [-0.15, -0.1) is 0 Å². The maximum Gasteiger partial charge on any atom is 0.254 e. The lowest BCUT2D eigenvalue weighted by atomic mass is 10.00. The number of carbonyl (C=O) groups excluding carboxylic acids is 3. The number of imide groups is 1. The molecule has 1 saturated heterocycles. The Balaban J connectivity index is 2.34. The Bertz CT molecular complexity index is 643. The quantitative estimate of drug-likeness (QED) is 0.865. The second-order valence-corrected chi connectivity index (χ2v) is 5.48. The Morgan fingerprint density at radius 2 is 2.05 bits per heavy atom. The molecule has 0 spiro atoms. The third-order valence-electron chi connectivity index (χ3n) is 3.91. The molecule has 1 N–H and O–H groups in total. The lowest BCUT2D eigenvalue weighted by Gasteiger charge is -2.32.